The average Bonchev–Trinajstić information content (AvgIpc) is 2.65. The second-order valence-corrected chi connectivity index (χ2v) is 7.82. The molecule has 1 atom stereocenters. The van der Waals surface area contributed by atoms with E-state index in [-0.39, 0.29) is 40.0 Å². The molecule has 0 bridgehead atoms. The molecule has 1 fully saturated rings. The van der Waals surface area contributed by atoms with Gasteiger partial charge in [0.2, 0.25) is 11.8 Å². The molecular formula is C19H25ClN4O5. The van der Waals surface area contributed by atoms with Gasteiger partial charge in [-0.1, -0.05) is 25.4 Å². The fourth-order valence-electron chi connectivity index (χ4n) is 3.26. The van der Waals surface area contributed by atoms with Crippen molar-refractivity contribution in [3.05, 3.63) is 38.9 Å². The van der Waals surface area contributed by atoms with Crippen molar-refractivity contribution in [2.24, 2.45) is 5.92 Å². The molecule has 1 heterocycles. The van der Waals surface area contributed by atoms with Gasteiger partial charge in [0.15, 0.2) is 0 Å². The van der Waals surface area contributed by atoms with Crippen LogP contribution >= 0.6 is 11.6 Å². The number of piperidine rings is 1. The van der Waals surface area contributed by atoms with Crippen LogP contribution in [0.3, 0.4) is 0 Å². The molecule has 0 spiro atoms. The highest BCUT2D eigenvalue weighted by Gasteiger charge is 2.32. The maximum absolute atomic E-state index is 13.0. The van der Waals surface area contributed by atoms with E-state index >= 15 is 0 Å². The first kappa shape index (κ1) is 22.6. The summed E-state index contributed by atoms with van der Waals surface area (Å²) in [6.45, 7) is 6.09. The molecule has 1 aromatic rings. The Morgan fingerprint density at radius 1 is 1.24 bits per heavy atom. The standard InChI is InChI=1S/C19H25ClN4O5/c1-11(2)17(19(27)23-8-6-13(7-9-23)21-12(3)25)22-18(26)15-5-4-14(24(28)29)10-16(15)20/h4-5,10-11,13,17H,6-9H2,1-3H3,(H,21,25)(H,22,26). The minimum atomic E-state index is -0.758. The molecule has 1 aromatic carbocycles. The number of nitrogens with zero attached hydrogens (tertiary/aromatic N) is 2. The molecule has 1 unspecified atom stereocenters. The van der Waals surface area contributed by atoms with Gasteiger partial charge in [0.1, 0.15) is 6.04 Å². The van der Waals surface area contributed by atoms with E-state index in [4.69, 9.17) is 11.6 Å². The van der Waals surface area contributed by atoms with Gasteiger partial charge in [-0.2, -0.15) is 0 Å². The molecular weight excluding hydrogens is 400 g/mol. The number of hydrogen-bond acceptors (Lipinski definition) is 5. The molecule has 0 radical (unpaired) electrons. The Morgan fingerprint density at radius 3 is 2.34 bits per heavy atom. The largest absolute Gasteiger partial charge is 0.353 e. The van der Waals surface area contributed by atoms with Crippen molar-refractivity contribution in [3.63, 3.8) is 0 Å². The van der Waals surface area contributed by atoms with E-state index in [0.717, 1.165) is 6.07 Å². The smallest absolute Gasteiger partial charge is 0.270 e. The molecule has 0 aromatic heterocycles. The van der Waals surface area contributed by atoms with Crippen molar-refractivity contribution in [1.82, 2.24) is 15.5 Å². The lowest BCUT2D eigenvalue weighted by molar-refractivity contribution is -0.384. The molecule has 1 saturated heterocycles. The summed E-state index contributed by atoms with van der Waals surface area (Å²) >= 11 is 6.02. The number of nitrogens with one attached hydrogen (secondary N) is 2. The SMILES string of the molecule is CC(=O)NC1CCN(C(=O)C(NC(=O)c2ccc([N+](=O)[O-])cc2Cl)C(C)C)CC1. The summed E-state index contributed by atoms with van der Waals surface area (Å²) in [6.07, 6.45) is 1.30. The fourth-order valence-corrected chi connectivity index (χ4v) is 3.52. The zero-order valence-electron chi connectivity index (χ0n) is 16.6. The lowest BCUT2D eigenvalue weighted by Gasteiger charge is -2.35. The molecule has 29 heavy (non-hydrogen) atoms. The van der Waals surface area contributed by atoms with Gasteiger partial charge in [0.05, 0.1) is 15.5 Å². The summed E-state index contributed by atoms with van der Waals surface area (Å²) < 4.78 is 0. The molecule has 9 nitrogen and oxygen atoms in total. The van der Waals surface area contributed by atoms with Crippen LogP contribution in [0.1, 0.15) is 44.0 Å². The van der Waals surface area contributed by atoms with Crippen LogP contribution in [-0.2, 0) is 9.59 Å². The van der Waals surface area contributed by atoms with Crippen molar-refractivity contribution < 1.29 is 19.3 Å². The topological polar surface area (TPSA) is 122 Å². The number of hydrogen-bond donors (Lipinski definition) is 2. The molecule has 3 amide bonds. The second-order valence-electron chi connectivity index (χ2n) is 7.42. The molecule has 0 saturated carbocycles. The maximum Gasteiger partial charge on any atom is 0.270 e. The number of rotatable bonds is 6. The van der Waals surface area contributed by atoms with Crippen molar-refractivity contribution in [3.8, 4) is 0 Å². The van der Waals surface area contributed by atoms with Crippen LogP contribution in [0.2, 0.25) is 5.02 Å². The molecule has 1 aliphatic heterocycles. The normalized spacial score (nSPS) is 15.7. The highest BCUT2D eigenvalue weighted by molar-refractivity contribution is 6.34. The predicted octanol–water partition coefficient (Wildman–Crippen LogP) is 2.13. The minimum Gasteiger partial charge on any atom is -0.353 e. The minimum absolute atomic E-state index is 0.0440. The van der Waals surface area contributed by atoms with E-state index in [9.17, 15) is 24.5 Å². The predicted molar refractivity (Wildman–Crippen MR) is 108 cm³/mol. The van der Waals surface area contributed by atoms with Crippen molar-refractivity contribution in [2.75, 3.05) is 13.1 Å². The number of carbonyl (C=O) groups is 3. The maximum atomic E-state index is 13.0. The van der Waals surface area contributed by atoms with E-state index in [1.54, 1.807) is 4.90 Å². The van der Waals surface area contributed by atoms with Crippen LogP contribution in [-0.4, -0.2) is 52.7 Å². The molecule has 2 rings (SSSR count). The Kier molecular flexibility index (Phi) is 7.55. The van der Waals surface area contributed by atoms with E-state index in [0.29, 0.717) is 25.9 Å². The van der Waals surface area contributed by atoms with Crippen LogP contribution in [0.15, 0.2) is 18.2 Å². The van der Waals surface area contributed by atoms with Gasteiger partial charge in [-0.05, 0) is 24.8 Å². The van der Waals surface area contributed by atoms with Gasteiger partial charge in [-0.3, -0.25) is 24.5 Å². The molecule has 2 N–H and O–H groups in total. The molecule has 1 aliphatic rings. The molecule has 10 heteroatoms. The van der Waals surface area contributed by atoms with Crippen LogP contribution in [0.25, 0.3) is 0 Å². The van der Waals surface area contributed by atoms with E-state index < -0.39 is 16.9 Å². The summed E-state index contributed by atoms with van der Waals surface area (Å²) in [4.78, 5) is 48.7. The summed E-state index contributed by atoms with van der Waals surface area (Å²) in [5.41, 5.74) is -0.148. The fraction of sp³-hybridized carbons (Fsp3) is 0.526. The number of nitro groups is 1. The summed E-state index contributed by atoms with van der Waals surface area (Å²) in [5.74, 6) is -1.03. The highest BCUT2D eigenvalue weighted by atomic mass is 35.5. The number of likely N-dealkylation sites (tertiary alicyclic amines) is 1. The van der Waals surface area contributed by atoms with Crippen LogP contribution in [0, 0.1) is 16.0 Å². The Labute approximate surface area is 173 Å². The average molecular weight is 425 g/mol. The Morgan fingerprint density at radius 2 is 1.86 bits per heavy atom. The summed E-state index contributed by atoms with van der Waals surface area (Å²) in [5, 5.41) is 16.3. The Balaban J connectivity index is 2.06. The van der Waals surface area contributed by atoms with Crippen LogP contribution in [0.4, 0.5) is 5.69 Å². The zero-order valence-corrected chi connectivity index (χ0v) is 17.4. The lowest BCUT2D eigenvalue weighted by atomic mass is 9.99. The van der Waals surface area contributed by atoms with Gasteiger partial charge >= 0.3 is 0 Å². The van der Waals surface area contributed by atoms with Crippen molar-refractivity contribution >= 4 is 35.0 Å². The highest BCUT2D eigenvalue weighted by Crippen LogP contribution is 2.23. The number of amides is 3. The van der Waals surface area contributed by atoms with Gasteiger partial charge in [0, 0.05) is 38.2 Å². The van der Waals surface area contributed by atoms with Gasteiger partial charge < -0.3 is 15.5 Å². The summed E-state index contributed by atoms with van der Waals surface area (Å²) in [6, 6.07) is 2.86. The quantitative estimate of drug-likeness (QED) is 0.535. The zero-order chi connectivity index (χ0) is 21.7. The second kappa shape index (κ2) is 9.69. The Hall–Kier alpha value is -2.68. The van der Waals surface area contributed by atoms with E-state index in [2.05, 4.69) is 10.6 Å². The number of nitro benzene ring substituents is 1. The van der Waals surface area contributed by atoms with Gasteiger partial charge in [0.25, 0.3) is 11.6 Å². The van der Waals surface area contributed by atoms with Gasteiger partial charge in [-0.15, -0.1) is 0 Å². The summed E-state index contributed by atoms with van der Waals surface area (Å²) in [7, 11) is 0. The first-order valence-electron chi connectivity index (χ1n) is 9.40. The Bertz CT molecular complexity index is 806. The van der Waals surface area contributed by atoms with Crippen molar-refractivity contribution in [2.45, 2.75) is 45.7 Å². The number of non-ortho nitro benzene ring substituents is 1. The molecule has 158 valence electrons. The number of benzene rings is 1. The first-order valence-corrected chi connectivity index (χ1v) is 9.78. The van der Waals surface area contributed by atoms with Crippen LogP contribution in [0.5, 0.6) is 0 Å². The van der Waals surface area contributed by atoms with Crippen LogP contribution < -0.4 is 10.6 Å². The van der Waals surface area contributed by atoms with Gasteiger partial charge in [-0.25, -0.2) is 0 Å². The number of carbonyl (C=O) groups excluding carboxylic acids is 3. The first-order chi connectivity index (χ1) is 13.6. The third-order valence-corrected chi connectivity index (χ3v) is 5.15. The monoisotopic (exact) mass is 424 g/mol. The number of halogens is 1. The third-order valence-electron chi connectivity index (χ3n) is 4.84. The van der Waals surface area contributed by atoms with Crippen molar-refractivity contribution in [1.29, 1.82) is 0 Å². The lowest BCUT2D eigenvalue weighted by Crippen LogP contribution is -2.54. The molecule has 0 aliphatic carbocycles. The van der Waals surface area contributed by atoms with E-state index in [1.165, 1.54) is 19.1 Å². The van der Waals surface area contributed by atoms with E-state index in [1.807, 2.05) is 13.8 Å². The third kappa shape index (κ3) is 5.90.